The zero-order chi connectivity index (χ0) is 9.97. The van der Waals surface area contributed by atoms with Crippen molar-refractivity contribution in [2.45, 2.75) is 6.92 Å². The maximum absolute atomic E-state index is 5.00. The van der Waals surface area contributed by atoms with Gasteiger partial charge in [-0.2, -0.15) is 4.98 Å². The first-order valence-electron chi connectivity index (χ1n) is 4.19. The Balaban J connectivity index is 2.38. The van der Waals surface area contributed by atoms with E-state index in [0.717, 1.165) is 11.3 Å². The lowest BCUT2D eigenvalue weighted by Crippen LogP contribution is -1.82. The predicted molar refractivity (Wildman–Crippen MR) is 52.4 cm³/mol. The Morgan fingerprint density at radius 1 is 1.43 bits per heavy atom. The van der Waals surface area contributed by atoms with E-state index in [4.69, 9.17) is 4.52 Å². The summed E-state index contributed by atoms with van der Waals surface area (Å²) < 4.78 is 5.00. The van der Waals surface area contributed by atoms with Crippen molar-refractivity contribution in [1.82, 2.24) is 15.1 Å². The smallest absolute Gasteiger partial charge is 0.259 e. The maximum atomic E-state index is 5.00. The molecule has 0 bridgehead atoms. The Morgan fingerprint density at radius 2 is 2.29 bits per heavy atom. The van der Waals surface area contributed by atoms with E-state index in [2.05, 4.69) is 21.7 Å². The van der Waals surface area contributed by atoms with Crippen molar-refractivity contribution in [2.75, 3.05) is 0 Å². The van der Waals surface area contributed by atoms with Crippen LogP contribution in [0.15, 0.2) is 29.4 Å². The molecule has 70 valence electrons. The second-order valence-corrected chi connectivity index (χ2v) is 2.82. The van der Waals surface area contributed by atoms with E-state index in [1.165, 1.54) is 0 Å². The Bertz CT molecular complexity index is 445. The summed E-state index contributed by atoms with van der Waals surface area (Å²) >= 11 is 0. The van der Waals surface area contributed by atoms with Crippen molar-refractivity contribution in [2.24, 2.45) is 0 Å². The van der Waals surface area contributed by atoms with Crippen LogP contribution in [0.1, 0.15) is 11.5 Å². The molecule has 0 fully saturated rings. The largest absolute Gasteiger partial charge is 0.334 e. The summed E-state index contributed by atoms with van der Waals surface area (Å²) in [5, 5.41) is 3.70. The summed E-state index contributed by atoms with van der Waals surface area (Å²) in [5.74, 6) is 1.11. The fourth-order valence-corrected chi connectivity index (χ4v) is 1.07. The summed E-state index contributed by atoms with van der Waals surface area (Å²) in [6.45, 7) is 5.40. The van der Waals surface area contributed by atoms with E-state index in [1.54, 1.807) is 19.2 Å². The van der Waals surface area contributed by atoms with Crippen LogP contribution in [0.25, 0.3) is 17.5 Å². The molecular formula is C10H9N3O. The fraction of sp³-hybridized carbons (Fsp3) is 0.100. The van der Waals surface area contributed by atoms with E-state index in [9.17, 15) is 0 Å². The summed E-state index contributed by atoms with van der Waals surface area (Å²) in [6.07, 6.45) is 3.37. The molecule has 0 amide bonds. The lowest BCUT2D eigenvalue weighted by molar-refractivity contribution is 0.425. The van der Waals surface area contributed by atoms with Gasteiger partial charge in [-0.05, 0) is 25.1 Å². The van der Waals surface area contributed by atoms with Crippen LogP contribution in [0.2, 0.25) is 0 Å². The van der Waals surface area contributed by atoms with Crippen LogP contribution in [-0.2, 0) is 0 Å². The van der Waals surface area contributed by atoms with Gasteiger partial charge in [-0.15, -0.1) is 0 Å². The Hall–Kier alpha value is -1.97. The molecule has 14 heavy (non-hydrogen) atoms. The minimum atomic E-state index is 0.491. The number of hydrogen-bond acceptors (Lipinski definition) is 4. The molecule has 2 aromatic rings. The normalized spacial score (nSPS) is 10.1. The second-order valence-electron chi connectivity index (χ2n) is 2.82. The van der Waals surface area contributed by atoms with Gasteiger partial charge >= 0.3 is 0 Å². The van der Waals surface area contributed by atoms with Gasteiger partial charge in [0.25, 0.3) is 5.89 Å². The van der Waals surface area contributed by atoms with Gasteiger partial charge in [0.2, 0.25) is 0 Å². The molecule has 0 N–H and O–H groups in total. The highest BCUT2D eigenvalue weighted by Gasteiger charge is 2.05. The Morgan fingerprint density at radius 3 is 2.79 bits per heavy atom. The first-order chi connectivity index (χ1) is 6.79. The van der Waals surface area contributed by atoms with E-state index in [0.29, 0.717) is 11.7 Å². The minimum Gasteiger partial charge on any atom is -0.334 e. The van der Waals surface area contributed by atoms with Gasteiger partial charge in [0.15, 0.2) is 5.82 Å². The monoisotopic (exact) mass is 187 g/mol. The highest BCUT2D eigenvalue weighted by atomic mass is 16.5. The number of aryl methyl sites for hydroxylation is 1. The van der Waals surface area contributed by atoms with Gasteiger partial charge < -0.3 is 4.52 Å². The fourth-order valence-electron chi connectivity index (χ4n) is 1.07. The Kier molecular flexibility index (Phi) is 2.10. The van der Waals surface area contributed by atoms with Crippen LogP contribution in [0.5, 0.6) is 0 Å². The van der Waals surface area contributed by atoms with Gasteiger partial charge in [-0.3, -0.25) is 4.98 Å². The summed E-state index contributed by atoms with van der Waals surface area (Å²) in [4.78, 5) is 8.23. The summed E-state index contributed by atoms with van der Waals surface area (Å²) in [7, 11) is 0. The zero-order valence-corrected chi connectivity index (χ0v) is 7.77. The molecule has 2 rings (SSSR count). The van der Waals surface area contributed by atoms with Gasteiger partial charge in [-0.1, -0.05) is 11.7 Å². The molecule has 4 nitrogen and oxygen atoms in total. The molecule has 4 heteroatoms. The van der Waals surface area contributed by atoms with Crippen molar-refractivity contribution in [3.05, 3.63) is 36.4 Å². The number of aromatic nitrogens is 3. The molecule has 0 unspecified atom stereocenters. The lowest BCUT2D eigenvalue weighted by atomic mass is 10.2. The average Bonchev–Trinajstić information content (AvgIpc) is 2.65. The minimum absolute atomic E-state index is 0.491. The first kappa shape index (κ1) is 8.62. The molecule has 0 atom stereocenters. The van der Waals surface area contributed by atoms with Crippen molar-refractivity contribution in [3.8, 4) is 11.5 Å². The Labute approximate surface area is 81.3 Å². The van der Waals surface area contributed by atoms with E-state index in [-0.39, 0.29) is 0 Å². The lowest BCUT2D eigenvalue weighted by Gasteiger charge is -1.93. The first-order valence-corrected chi connectivity index (χ1v) is 4.19. The standard InChI is InChI=1S/C10H9N3O/c1-3-9-5-4-8(6-11-9)10-12-7(2)13-14-10/h3-6H,1H2,2H3. The van der Waals surface area contributed by atoms with E-state index >= 15 is 0 Å². The van der Waals surface area contributed by atoms with Crippen molar-refractivity contribution in [3.63, 3.8) is 0 Å². The van der Waals surface area contributed by atoms with Gasteiger partial charge in [0.05, 0.1) is 11.3 Å². The van der Waals surface area contributed by atoms with Crippen LogP contribution in [0.3, 0.4) is 0 Å². The van der Waals surface area contributed by atoms with Crippen LogP contribution >= 0.6 is 0 Å². The molecule has 2 heterocycles. The molecule has 0 aliphatic rings. The number of hydrogen-bond donors (Lipinski definition) is 0. The number of pyridine rings is 1. The number of nitrogens with zero attached hydrogens (tertiary/aromatic N) is 3. The van der Waals surface area contributed by atoms with Crippen molar-refractivity contribution in [1.29, 1.82) is 0 Å². The highest BCUT2D eigenvalue weighted by molar-refractivity contribution is 5.53. The van der Waals surface area contributed by atoms with Crippen LogP contribution in [-0.4, -0.2) is 15.1 Å². The molecule has 2 aromatic heterocycles. The highest BCUT2D eigenvalue weighted by Crippen LogP contribution is 2.15. The van der Waals surface area contributed by atoms with Crippen LogP contribution in [0, 0.1) is 6.92 Å². The SMILES string of the molecule is C=Cc1ccc(-c2nc(C)no2)cn1. The van der Waals surface area contributed by atoms with Crippen LogP contribution in [0.4, 0.5) is 0 Å². The molecule has 0 saturated heterocycles. The van der Waals surface area contributed by atoms with Crippen LogP contribution < -0.4 is 0 Å². The van der Waals surface area contributed by atoms with E-state index < -0.39 is 0 Å². The number of rotatable bonds is 2. The molecular weight excluding hydrogens is 178 g/mol. The topological polar surface area (TPSA) is 51.8 Å². The van der Waals surface area contributed by atoms with Gasteiger partial charge in [0.1, 0.15) is 0 Å². The molecule has 0 aromatic carbocycles. The predicted octanol–water partition coefficient (Wildman–Crippen LogP) is 2.08. The average molecular weight is 187 g/mol. The quantitative estimate of drug-likeness (QED) is 0.722. The summed E-state index contributed by atoms with van der Waals surface area (Å²) in [5.41, 5.74) is 1.64. The maximum Gasteiger partial charge on any atom is 0.259 e. The van der Waals surface area contributed by atoms with Gasteiger partial charge in [0, 0.05) is 6.20 Å². The molecule has 0 radical (unpaired) electrons. The van der Waals surface area contributed by atoms with E-state index in [1.807, 2.05) is 12.1 Å². The molecule has 0 aliphatic carbocycles. The van der Waals surface area contributed by atoms with Crippen molar-refractivity contribution < 1.29 is 4.52 Å². The molecule has 0 spiro atoms. The van der Waals surface area contributed by atoms with Crippen molar-refractivity contribution >= 4 is 6.08 Å². The zero-order valence-electron chi connectivity index (χ0n) is 7.77. The summed E-state index contributed by atoms with van der Waals surface area (Å²) in [6, 6.07) is 3.72. The third kappa shape index (κ3) is 1.54. The second kappa shape index (κ2) is 3.41. The third-order valence-corrected chi connectivity index (χ3v) is 1.77. The molecule has 0 aliphatic heterocycles. The third-order valence-electron chi connectivity index (χ3n) is 1.77. The molecule has 0 saturated carbocycles. The van der Waals surface area contributed by atoms with Gasteiger partial charge in [-0.25, -0.2) is 0 Å².